The molecule has 1 heterocycles. The van der Waals surface area contributed by atoms with Crippen LogP contribution in [0.3, 0.4) is 0 Å². The van der Waals surface area contributed by atoms with Crippen molar-refractivity contribution in [3.63, 3.8) is 0 Å². The predicted octanol–water partition coefficient (Wildman–Crippen LogP) is 3.28. The van der Waals surface area contributed by atoms with E-state index in [4.69, 9.17) is 5.73 Å². The lowest BCUT2D eigenvalue weighted by atomic mass is 9.89. The second-order valence-electron chi connectivity index (χ2n) is 6.60. The molecule has 2 aromatic carbocycles. The van der Waals surface area contributed by atoms with Crippen molar-refractivity contribution < 1.29 is 14.1 Å². The van der Waals surface area contributed by atoms with Gasteiger partial charge in [0, 0.05) is 24.6 Å². The molecule has 0 unspecified atom stereocenters. The number of halogens is 2. The van der Waals surface area contributed by atoms with Crippen LogP contribution in [0.5, 0.6) is 0 Å². The molecule has 0 aromatic heterocycles. The van der Waals surface area contributed by atoms with Crippen LogP contribution in [0.4, 0.5) is 10.1 Å². The van der Waals surface area contributed by atoms with E-state index in [9.17, 15) is 19.3 Å². The van der Waals surface area contributed by atoms with E-state index in [1.807, 2.05) is 30.3 Å². The molecule has 1 aliphatic rings. The van der Waals surface area contributed by atoms with Crippen molar-refractivity contribution in [3.8, 4) is 0 Å². The van der Waals surface area contributed by atoms with Crippen molar-refractivity contribution >= 4 is 24.0 Å². The van der Waals surface area contributed by atoms with E-state index in [0.29, 0.717) is 19.6 Å². The Bertz CT molecular complexity index is 848. The number of likely N-dealkylation sites (tertiary alicyclic amines) is 1. The second-order valence-corrected chi connectivity index (χ2v) is 6.60. The van der Waals surface area contributed by atoms with Gasteiger partial charge in [0.1, 0.15) is 11.4 Å². The first-order valence-electron chi connectivity index (χ1n) is 8.41. The monoisotopic (exact) mass is 393 g/mol. The summed E-state index contributed by atoms with van der Waals surface area (Å²) >= 11 is 0. The molecule has 27 heavy (non-hydrogen) atoms. The van der Waals surface area contributed by atoms with Crippen LogP contribution in [0.15, 0.2) is 42.5 Å². The molecular formula is C19H21ClFN3O3. The molecule has 8 heteroatoms. The summed E-state index contributed by atoms with van der Waals surface area (Å²) in [6.07, 6.45) is 0. The molecule has 2 aromatic rings. The molecule has 6 nitrogen and oxygen atoms in total. The maximum Gasteiger partial charge on any atom is 0.285 e. The summed E-state index contributed by atoms with van der Waals surface area (Å²) in [6, 6.07) is 11.7. The van der Waals surface area contributed by atoms with E-state index in [-0.39, 0.29) is 41.1 Å². The largest absolute Gasteiger partial charge is 0.337 e. The van der Waals surface area contributed by atoms with E-state index < -0.39 is 16.6 Å². The zero-order valence-electron chi connectivity index (χ0n) is 14.8. The first kappa shape index (κ1) is 20.8. The van der Waals surface area contributed by atoms with Gasteiger partial charge >= 0.3 is 0 Å². The van der Waals surface area contributed by atoms with Gasteiger partial charge in [0.05, 0.1) is 4.92 Å². The number of nitro benzene ring substituents is 1. The standard InChI is InChI=1S/C19H20FN3O3.ClH/c1-12-7-15(20)8-16(18(12)23(25)26)19(24)22-10-14(9-21)17(11-22)13-5-3-2-4-6-13;/h2-8,14,17H,9-11,21H2,1H3;1H/t14-,17+;/m1./s1. The van der Waals surface area contributed by atoms with Crippen molar-refractivity contribution in [2.24, 2.45) is 11.7 Å². The van der Waals surface area contributed by atoms with E-state index >= 15 is 0 Å². The first-order chi connectivity index (χ1) is 12.4. The lowest BCUT2D eigenvalue weighted by Crippen LogP contribution is -2.30. The minimum atomic E-state index is -0.661. The minimum Gasteiger partial charge on any atom is -0.337 e. The zero-order valence-corrected chi connectivity index (χ0v) is 15.6. The number of aryl methyl sites for hydroxylation is 1. The molecule has 1 fully saturated rings. The van der Waals surface area contributed by atoms with Gasteiger partial charge in [-0.1, -0.05) is 30.3 Å². The minimum absolute atomic E-state index is 0. The number of nitro groups is 1. The van der Waals surface area contributed by atoms with E-state index in [1.165, 1.54) is 11.8 Å². The molecule has 2 N–H and O–H groups in total. The summed E-state index contributed by atoms with van der Waals surface area (Å²) in [5.41, 5.74) is 6.53. The van der Waals surface area contributed by atoms with Crippen molar-refractivity contribution in [2.75, 3.05) is 19.6 Å². The summed E-state index contributed by atoms with van der Waals surface area (Å²) in [6.45, 7) is 2.62. The highest BCUT2D eigenvalue weighted by atomic mass is 35.5. The van der Waals surface area contributed by atoms with Gasteiger partial charge < -0.3 is 10.6 Å². The quantitative estimate of drug-likeness (QED) is 0.637. The van der Waals surface area contributed by atoms with Gasteiger partial charge in [0.25, 0.3) is 11.6 Å². The highest BCUT2D eigenvalue weighted by molar-refractivity contribution is 5.99. The van der Waals surface area contributed by atoms with Gasteiger partial charge in [-0.3, -0.25) is 14.9 Å². The Morgan fingerprint density at radius 2 is 1.96 bits per heavy atom. The highest BCUT2D eigenvalue weighted by Crippen LogP contribution is 2.34. The van der Waals surface area contributed by atoms with Crippen LogP contribution in [-0.4, -0.2) is 35.4 Å². The first-order valence-corrected chi connectivity index (χ1v) is 8.41. The van der Waals surface area contributed by atoms with E-state index in [0.717, 1.165) is 17.7 Å². The van der Waals surface area contributed by atoms with Gasteiger partial charge in [0.15, 0.2) is 0 Å². The van der Waals surface area contributed by atoms with Crippen LogP contribution in [0.1, 0.15) is 27.4 Å². The normalized spacial score (nSPS) is 18.9. The lowest BCUT2D eigenvalue weighted by molar-refractivity contribution is -0.385. The highest BCUT2D eigenvalue weighted by Gasteiger charge is 2.37. The Labute approximate surface area is 162 Å². The molecule has 1 saturated heterocycles. The second kappa shape index (κ2) is 8.45. The number of hydrogen-bond donors (Lipinski definition) is 1. The number of carbonyl (C=O) groups is 1. The van der Waals surface area contributed by atoms with Crippen molar-refractivity contribution in [2.45, 2.75) is 12.8 Å². The molecule has 2 atom stereocenters. The molecule has 144 valence electrons. The Balaban J connectivity index is 0.00000261. The summed E-state index contributed by atoms with van der Waals surface area (Å²) < 4.78 is 13.8. The Hall–Kier alpha value is -2.51. The van der Waals surface area contributed by atoms with Gasteiger partial charge in [-0.15, -0.1) is 12.4 Å². The predicted molar refractivity (Wildman–Crippen MR) is 103 cm³/mol. The topological polar surface area (TPSA) is 89.5 Å². The van der Waals surface area contributed by atoms with Crippen molar-refractivity contribution in [1.82, 2.24) is 4.90 Å². The summed E-state index contributed by atoms with van der Waals surface area (Å²) in [5.74, 6) is -1.09. The molecule has 0 bridgehead atoms. The van der Waals surface area contributed by atoms with Crippen molar-refractivity contribution in [3.05, 3.63) is 75.1 Å². The number of amides is 1. The number of nitrogens with two attached hydrogens (primary N) is 1. The van der Waals surface area contributed by atoms with E-state index in [2.05, 4.69) is 0 Å². The summed E-state index contributed by atoms with van der Waals surface area (Å²) in [4.78, 5) is 25.2. The maximum absolute atomic E-state index is 13.8. The number of nitrogens with zero attached hydrogens (tertiary/aromatic N) is 2. The molecule has 0 aliphatic carbocycles. The van der Waals surface area contributed by atoms with Crippen LogP contribution in [0, 0.1) is 28.8 Å². The fourth-order valence-corrected chi connectivity index (χ4v) is 3.67. The number of rotatable bonds is 4. The van der Waals surface area contributed by atoms with Gasteiger partial charge in [-0.05, 0) is 37.1 Å². The summed E-state index contributed by atoms with van der Waals surface area (Å²) in [5, 5.41) is 11.4. The van der Waals surface area contributed by atoms with E-state index in [1.54, 1.807) is 0 Å². The van der Waals surface area contributed by atoms with Crippen LogP contribution in [0.25, 0.3) is 0 Å². The Morgan fingerprint density at radius 1 is 1.30 bits per heavy atom. The Morgan fingerprint density at radius 3 is 2.56 bits per heavy atom. The molecule has 0 spiro atoms. The van der Waals surface area contributed by atoms with Gasteiger partial charge in [-0.25, -0.2) is 4.39 Å². The maximum atomic E-state index is 13.8. The molecule has 0 radical (unpaired) electrons. The fourth-order valence-electron chi connectivity index (χ4n) is 3.67. The van der Waals surface area contributed by atoms with Gasteiger partial charge in [-0.2, -0.15) is 0 Å². The number of carbonyl (C=O) groups excluding carboxylic acids is 1. The lowest BCUT2D eigenvalue weighted by Gasteiger charge is -2.17. The number of benzene rings is 2. The zero-order chi connectivity index (χ0) is 18.8. The van der Waals surface area contributed by atoms with Crippen LogP contribution in [0.2, 0.25) is 0 Å². The average molecular weight is 394 g/mol. The van der Waals surface area contributed by atoms with Crippen LogP contribution < -0.4 is 5.73 Å². The number of hydrogen-bond acceptors (Lipinski definition) is 4. The van der Waals surface area contributed by atoms with Gasteiger partial charge in [0.2, 0.25) is 0 Å². The third-order valence-electron chi connectivity index (χ3n) is 4.94. The molecule has 3 rings (SSSR count). The third kappa shape index (κ3) is 4.09. The van der Waals surface area contributed by atoms with Crippen LogP contribution in [-0.2, 0) is 0 Å². The van der Waals surface area contributed by atoms with Crippen LogP contribution >= 0.6 is 12.4 Å². The third-order valence-corrected chi connectivity index (χ3v) is 4.94. The van der Waals surface area contributed by atoms with Crippen molar-refractivity contribution in [1.29, 1.82) is 0 Å². The average Bonchev–Trinajstić information content (AvgIpc) is 3.05. The SMILES string of the molecule is Cc1cc(F)cc(C(=O)N2C[C@@H](CN)[C@H](c3ccccc3)C2)c1[N+](=O)[O-].Cl. The molecule has 1 aliphatic heterocycles. The fraction of sp³-hybridized carbons (Fsp3) is 0.316. The molecular weight excluding hydrogens is 373 g/mol. The molecule has 0 saturated carbocycles. The Kier molecular flexibility index (Phi) is 6.51. The summed E-state index contributed by atoms with van der Waals surface area (Å²) in [7, 11) is 0. The molecule has 1 amide bonds. The smallest absolute Gasteiger partial charge is 0.285 e.